The summed E-state index contributed by atoms with van der Waals surface area (Å²) in [4.78, 5) is 14.9. The van der Waals surface area contributed by atoms with Crippen LogP contribution < -0.4 is 9.64 Å². The highest BCUT2D eigenvalue weighted by atomic mass is 32.2. The van der Waals surface area contributed by atoms with E-state index < -0.39 is 0 Å². The Kier molecular flexibility index (Phi) is 5.15. The molecule has 7 heteroatoms. The predicted molar refractivity (Wildman–Crippen MR) is 103 cm³/mol. The molecule has 1 aromatic carbocycles. The van der Waals surface area contributed by atoms with Crippen molar-refractivity contribution in [1.29, 1.82) is 0 Å². The molecule has 1 aliphatic heterocycles. The Morgan fingerprint density at radius 3 is 2.88 bits per heavy atom. The monoisotopic (exact) mass is 375 g/mol. The van der Waals surface area contributed by atoms with E-state index in [1.165, 1.54) is 23.1 Å². The van der Waals surface area contributed by atoms with E-state index in [9.17, 15) is 4.79 Å². The highest BCUT2D eigenvalue weighted by Gasteiger charge is 2.35. The Bertz CT molecular complexity index is 801. The number of allylic oxidation sites excluding steroid dienone is 1. The fraction of sp³-hybridized carbons (Fsp3) is 0.389. The molecule has 1 aliphatic rings. The first-order valence-electron chi connectivity index (χ1n) is 8.11. The van der Waals surface area contributed by atoms with Crippen LogP contribution in [0.15, 0.2) is 34.1 Å². The number of benzene rings is 1. The average Bonchev–Trinajstić information content (AvgIpc) is 3.06. The lowest BCUT2D eigenvalue weighted by molar-refractivity contribution is -0.116. The van der Waals surface area contributed by atoms with Gasteiger partial charge in [-0.1, -0.05) is 29.2 Å². The minimum Gasteiger partial charge on any atom is -0.494 e. The van der Waals surface area contributed by atoms with Gasteiger partial charge >= 0.3 is 0 Å². The van der Waals surface area contributed by atoms with Gasteiger partial charge < -0.3 is 9.64 Å². The fourth-order valence-corrected chi connectivity index (χ4v) is 4.47. The molecule has 0 atom stereocenters. The van der Waals surface area contributed by atoms with E-state index >= 15 is 0 Å². The van der Waals surface area contributed by atoms with Crippen molar-refractivity contribution < 1.29 is 9.53 Å². The first kappa shape index (κ1) is 17.9. The van der Waals surface area contributed by atoms with Gasteiger partial charge in [-0.25, -0.2) is 0 Å². The summed E-state index contributed by atoms with van der Waals surface area (Å²) in [5, 5.41) is 7.80. The van der Waals surface area contributed by atoms with Gasteiger partial charge in [-0.2, -0.15) is 0 Å². The second-order valence-corrected chi connectivity index (χ2v) is 8.37. The van der Waals surface area contributed by atoms with Crippen molar-refractivity contribution in [3.8, 4) is 5.75 Å². The summed E-state index contributed by atoms with van der Waals surface area (Å²) in [6, 6.07) is 5.92. The van der Waals surface area contributed by atoms with E-state index in [1.807, 2.05) is 30.0 Å². The summed E-state index contributed by atoms with van der Waals surface area (Å²) < 4.78 is 6.42. The zero-order valence-electron chi connectivity index (χ0n) is 14.8. The smallest absolute Gasteiger partial charge is 0.238 e. The molecule has 25 heavy (non-hydrogen) atoms. The second kappa shape index (κ2) is 7.17. The summed E-state index contributed by atoms with van der Waals surface area (Å²) in [5.74, 6) is 1.21. The second-order valence-electron chi connectivity index (χ2n) is 6.32. The summed E-state index contributed by atoms with van der Waals surface area (Å²) in [6.07, 6.45) is 2.14. The third-order valence-electron chi connectivity index (χ3n) is 4.00. The van der Waals surface area contributed by atoms with Gasteiger partial charge in [0.15, 0.2) is 4.34 Å². The molecular weight excluding hydrogens is 354 g/mol. The highest BCUT2D eigenvalue weighted by molar-refractivity contribution is 8.01. The van der Waals surface area contributed by atoms with Crippen molar-refractivity contribution >= 4 is 40.3 Å². The number of nitrogens with zero attached hydrogens (tertiary/aromatic N) is 3. The molecular formula is C18H21N3O2S2. The molecule has 0 unspecified atom stereocenters. The number of hydrogen-bond acceptors (Lipinski definition) is 6. The van der Waals surface area contributed by atoms with Gasteiger partial charge in [-0.15, -0.1) is 10.2 Å². The van der Waals surface area contributed by atoms with Crippen LogP contribution in [-0.4, -0.2) is 34.0 Å². The molecule has 132 valence electrons. The molecule has 1 aromatic heterocycles. The van der Waals surface area contributed by atoms with Gasteiger partial charge in [0.25, 0.3) is 0 Å². The molecule has 0 aliphatic carbocycles. The Hall–Kier alpha value is -1.86. The Labute approximate surface area is 156 Å². The summed E-state index contributed by atoms with van der Waals surface area (Å²) in [5.41, 5.74) is 4.41. The maximum atomic E-state index is 13.0. The molecule has 5 nitrogen and oxygen atoms in total. The summed E-state index contributed by atoms with van der Waals surface area (Å²) in [6.45, 7) is 8.78. The van der Waals surface area contributed by atoms with E-state index in [2.05, 4.69) is 37.0 Å². The van der Waals surface area contributed by atoms with Crippen LogP contribution in [0.4, 0.5) is 5.69 Å². The van der Waals surface area contributed by atoms with E-state index in [0.717, 1.165) is 26.9 Å². The quantitative estimate of drug-likeness (QED) is 0.731. The number of thioether (sulfide) groups is 1. The molecule has 0 bridgehead atoms. The molecule has 0 N–H and O–H groups in total. The SMILES string of the molecule is CCOc1ccc2c(c1)C(C)=CC(C)(C)N2C(=O)CSc1nncs1. The number of fused-ring (bicyclic) bond motifs is 1. The molecule has 0 spiro atoms. The Morgan fingerprint density at radius 2 is 2.20 bits per heavy atom. The van der Waals surface area contributed by atoms with Crippen molar-refractivity contribution in [2.24, 2.45) is 0 Å². The lowest BCUT2D eigenvalue weighted by Gasteiger charge is -2.41. The van der Waals surface area contributed by atoms with Gasteiger partial charge in [0.05, 0.1) is 23.6 Å². The molecule has 2 heterocycles. The van der Waals surface area contributed by atoms with Crippen molar-refractivity contribution in [1.82, 2.24) is 10.2 Å². The zero-order valence-corrected chi connectivity index (χ0v) is 16.4. The molecule has 1 amide bonds. The maximum Gasteiger partial charge on any atom is 0.238 e. The van der Waals surface area contributed by atoms with Crippen LogP contribution in [0.5, 0.6) is 5.75 Å². The van der Waals surface area contributed by atoms with Gasteiger partial charge in [0.2, 0.25) is 5.91 Å². The molecule has 0 saturated heterocycles. The lowest BCUT2D eigenvalue weighted by atomic mass is 9.88. The van der Waals surface area contributed by atoms with Gasteiger partial charge in [0.1, 0.15) is 11.3 Å². The standard InChI is InChI=1S/C18H21N3O2S2/c1-5-23-13-6-7-15-14(8-13)12(2)9-18(3,4)21(15)16(22)10-24-17-20-19-11-25-17/h6-9,11H,5,10H2,1-4H3. The predicted octanol–water partition coefficient (Wildman–Crippen LogP) is 4.26. The number of rotatable bonds is 5. The topological polar surface area (TPSA) is 55.3 Å². The minimum atomic E-state index is -0.386. The number of anilines is 1. The number of hydrogen-bond donors (Lipinski definition) is 0. The minimum absolute atomic E-state index is 0.0550. The average molecular weight is 376 g/mol. The molecule has 0 radical (unpaired) electrons. The first-order chi connectivity index (χ1) is 11.9. The maximum absolute atomic E-state index is 13.0. The number of ether oxygens (including phenoxy) is 1. The normalized spacial score (nSPS) is 15.5. The third-order valence-corrected chi connectivity index (χ3v) is 5.84. The van der Waals surface area contributed by atoms with Crippen LogP contribution in [0.1, 0.15) is 33.3 Å². The van der Waals surface area contributed by atoms with Crippen molar-refractivity contribution in [2.45, 2.75) is 37.6 Å². The van der Waals surface area contributed by atoms with E-state index in [0.29, 0.717) is 12.4 Å². The van der Waals surface area contributed by atoms with E-state index in [-0.39, 0.29) is 11.4 Å². The summed E-state index contributed by atoms with van der Waals surface area (Å²) >= 11 is 2.87. The van der Waals surface area contributed by atoms with Gasteiger partial charge in [-0.3, -0.25) is 4.79 Å². The van der Waals surface area contributed by atoms with Gasteiger partial charge in [-0.05, 0) is 51.5 Å². The first-order valence-corrected chi connectivity index (χ1v) is 9.97. The van der Waals surface area contributed by atoms with Crippen molar-refractivity contribution in [3.05, 3.63) is 35.3 Å². The molecule has 3 rings (SSSR count). The van der Waals surface area contributed by atoms with Crippen LogP contribution in [0.3, 0.4) is 0 Å². The van der Waals surface area contributed by atoms with Gasteiger partial charge in [0, 0.05) is 5.56 Å². The third kappa shape index (κ3) is 3.72. The van der Waals surface area contributed by atoms with Crippen LogP contribution in [0.25, 0.3) is 5.57 Å². The van der Waals surface area contributed by atoms with E-state index in [4.69, 9.17) is 4.74 Å². The van der Waals surface area contributed by atoms with Crippen LogP contribution in [-0.2, 0) is 4.79 Å². The zero-order chi connectivity index (χ0) is 18.0. The van der Waals surface area contributed by atoms with E-state index in [1.54, 1.807) is 5.51 Å². The highest BCUT2D eigenvalue weighted by Crippen LogP contribution is 2.41. The number of carbonyl (C=O) groups is 1. The fourth-order valence-electron chi connectivity index (χ4n) is 3.13. The summed E-state index contributed by atoms with van der Waals surface area (Å²) in [7, 11) is 0. The number of aromatic nitrogens is 2. The van der Waals surface area contributed by atoms with Crippen LogP contribution in [0, 0.1) is 0 Å². The van der Waals surface area contributed by atoms with Crippen LogP contribution in [0.2, 0.25) is 0 Å². The molecule has 0 fully saturated rings. The number of amides is 1. The van der Waals surface area contributed by atoms with Crippen LogP contribution >= 0.6 is 23.1 Å². The Morgan fingerprint density at radius 1 is 1.40 bits per heavy atom. The largest absolute Gasteiger partial charge is 0.494 e. The number of carbonyl (C=O) groups excluding carboxylic acids is 1. The molecule has 0 saturated carbocycles. The molecule has 2 aromatic rings. The Balaban J connectivity index is 1.91. The van der Waals surface area contributed by atoms with Crippen molar-refractivity contribution in [2.75, 3.05) is 17.3 Å². The van der Waals surface area contributed by atoms with Crippen molar-refractivity contribution in [3.63, 3.8) is 0 Å². The lowest BCUT2D eigenvalue weighted by Crippen LogP contribution is -2.49.